The summed E-state index contributed by atoms with van der Waals surface area (Å²) in [7, 11) is 0. The minimum atomic E-state index is -0.884. The molecule has 4 aromatic rings. The number of anilines is 2. The lowest BCUT2D eigenvalue weighted by Gasteiger charge is -2.31. The van der Waals surface area contributed by atoms with E-state index in [1.54, 1.807) is 16.8 Å². The van der Waals surface area contributed by atoms with Crippen LogP contribution in [0.4, 0.5) is 19.9 Å². The largest absolute Gasteiger partial charge is 0.350 e. The zero-order valence-corrected chi connectivity index (χ0v) is 17.0. The zero-order chi connectivity index (χ0) is 20.7. The Balaban J connectivity index is 1.33. The number of aromatic nitrogens is 5. The van der Waals surface area contributed by atoms with Crippen LogP contribution in [0.25, 0.3) is 16.8 Å². The molecule has 1 saturated heterocycles. The highest BCUT2D eigenvalue weighted by molar-refractivity contribution is 7.09. The second-order valence-corrected chi connectivity index (χ2v) is 8.01. The van der Waals surface area contributed by atoms with Crippen molar-refractivity contribution in [1.29, 1.82) is 0 Å². The van der Waals surface area contributed by atoms with Crippen molar-refractivity contribution in [3.8, 4) is 11.1 Å². The van der Waals surface area contributed by atoms with Gasteiger partial charge < -0.3 is 10.2 Å². The Bertz CT molecular complexity index is 1200. The molecule has 0 amide bonds. The molecule has 1 N–H and O–H groups in total. The van der Waals surface area contributed by atoms with Crippen LogP contribution in [0.15, 0.2) is 36.5 Å². The van der Waals surface area contributed by atoms with Gasteiger partial charge in [0.15, 0.2) is 17.3 Å². The average Bonchev–Trinajstić information content (AvgIpc) is 3.36. The van der Waals surface area contributed by atoms with Crippen LogP contribution < -0.4 is 10.2 Å². The Labute approximate surface area is 175 Å². The van der Waals surface area contributed by atoms with E-state index in [1.165, 1.54) is 17.6 Å². The predicted octanol–water partition coefficient (Wildman–Crippen LogP) is 3.92. The van der Waals surface area contributed by atoms with Crippen LogP contribution in [0.3, 0.4) is 0 Å². The molecule has 4 heterocycles. The Morgan fingerprint density at radius 2 is 1.93 bits per heavy atom. The van der Waals surface area contributed by atoms with Gasteiger partial charge >= 0.3 is 0 Å². The Kier molecular flexibility index (Phi) is 4.78. The van der Waals surface area contributed by atoms with Crippen LogP contribution in [0.5, 0.6) is 0 Å². The molecule has 0 radical (unpaired) electrons. The molecule has 0 unspecified atom stereocenters. The van der Waals surface area contributed by atoms with E-state index in [-0.39, 0.29) is 6.04 Å². The van der Waals surface area contributed by atoms with Crippen LogP contribution in [0, 0.1) is 18.6 Å². The fourth-order valence-corrected chi connectivity index (χ4v) is 4.39. The number of hydrogen-bond donors (Lipinski definition) is 1. The van der Waals surface area contributed by atoms with Gasteiger partial charge in [-0.3, -0.25) is 0 Å². The minimum Gasteiger partial charge on any atom is -0.350 e. The predicted molar refractivity (Wildman–Crippen MR) is 112 cm³/mol. The maximum Gasteiger partial charge on any atom is 0.243 e. The highest BCUT2D eigenvalue weighted by Crippen LogP contribution is 2.27. The molecule has 1 aliphatic rings. The van der Waals surface area contributed by atoms with Crippen LogP contribution in [0.2, 0.25) is 0 Å². The molecule has 0 atom stereocenters. The molecule has 0 spiro atoms. The molecule has 5 rings (SSSR count). The smallest absolute Gasteiger partial charge is 0.243 e. The number of pyridine rings is 1. The molecular formula is C20H19F2N7S. The van der Waals surface area contributed by atoms with Crippen molar-refractivity contribution in [2.45, 2.75) is 25.8 Å². The van der Waals surface area contributed by atoms with E-state index in [1.807, 2.05) is 19.1 Å². The number of aryl methyl sites for hydroxylation is 1. The molecule has 0 bridgehead atoms. The second-order valence-electron chi connectivity index (χ2n) is 7.28. The number of hydrogen-bond acceptors (Lipinski definition) is 7. The summed E-state index contributed by atoms with van der Waals surface area (Å²) in [5.74, 6) is -0.425. The van der Waals surface area contributed by atoms with Crippen molar-refractivity contribution < 1.29 is 8.78 Å². The third-order valence-corrected chi connectivity index (χ3v) is 6.08. The maximum atomic E-state index is 13.7. The SMILES string of the molecule is Cc1nsc(N2CCC(Nc3nc4c(-c5ccc(F)c(F)c5)cccn4n3)CC2)n1. The normalized spacial score (nSPS) is 15.1. The molecule has 1 fully saturated rings. The number of fused-ring (bicyclic) bond motifs is 1. The van der Waals surface area contributed by atoms with Gasteiger partial charge in [-0.2, -0.15) is 9.36 Å². The highest BCUT2D eigenvalue weighted by Gasteiger charge is 2.23. The fraction of sp³-hybridized carbons (Fsp3) is 0.300. The monoisotopic (exact) mass is 427 g/mol. The summed E-state index contributed by atoms with van der Waals surface area (Å²) in [6.45, 7) is 3.68. The minimum absolute atomic E-state index is 0.249. The van der Waals surface area contributed by atoms with Gasteiger partial charge in [-0.1, -0.05) is 6.07 Å². The number of rotatable bonds is 4. The molecule has 7 nitrogen and oxygen atoms in total. The molecular weight excluding hydrogens is 408 g/mol. The number of nitrogens with zero attached hydrogens (tertiary/aromatic N) is 6. The summed E-state index contributed by atoms with van der Waals surface area (Å²) in [6.07, 6.45) is 3.66. The van der Waals surface area contributed by atoms with Gasteiger partial charge in [0, 0.05) is 42.4 Å². The molecule has 0 aliphatic carbocycles. The van der Waals surface area contributed by atoms with Gasteiger partial charge in [0.25, 0.3) is 0 Å². The first-order chi connectivity index (χ1) is 14.6. The summed E-state index contributed by atoms with van der Waals surface area (Å²) in [5, 5.41) is 8.88. The van der Waals surface area contributed by atoms with E-state index in [9.17, 15) is 8.78 Å². The summed E-state index contributed by atoms with van der Waals surface area (Å²) in [6, 6.07) is 7.72. The second kappa shape index (κ2) is 7.60. The Morgan fingerprint density at radius 3 is 2.67 bits per heavy atom. The van der Waals surface area contributed by atoms with Gasteiger partial charge in [0.2, 0.25) is 11.1 Å². The van der Waals surface area contributed by atoms with E-state index >= 15 is 0 Å². The lowest BCUT2D eigenvalue weighted by molar-refractivity contribution is 0.509. The summed E-state index contributed by atoms with van der Waals surface area (Å²) < 4.78 is 32.9. The summed E-state index contributed by atoms with van der Waals surface area (Å²) in [4.78, 5) is 11.3. The molecule has 154 valence electrons. The first-order valence-electron chi connectivity index (χ1n) is 9.69. The standard InChI is InChI=1S/C20H19F2N7S/c1-12-23-20(30-27-12)28-9-6-14(7-10-28)24-19-25-18-15(3-2-8-29(18)26-19)13-4-5-16(21)17(22)11-13/h2-5,8,11,14H,6-7,9-10H2,1H3,(H,24,26). The number of piperidine rings is 1. The van der Waals surface area contributed by atoms with Crippen LogP contribution in [0.1, 0.15) is 18.7 Å². The van der Waals surface area contributed by atoms with Crippen molar-refractivity contribution in [2.24, 2.45) is 0 Å². The van der Waals surface area contributed by atoms with E-state index in [4.69, 9.17) is 0 Å². The van der Waals surface area contributed by atoms with E-state index in [0.29, 0.717) is 22.7 Å². The molecule has 1 aliphatic heterocycles. The van der Waals surface area contributed by atoms with Crippen LogP contribution in [-0.2, 0) is 0 Å². The third kappa shape index (κ3) is 3.58. The van der Waals surface area contributed by atoms with Gasteiger partial charge in [0.05, 0.1) is 0 Å². The van der Waals surface area contributed by atoms with Crippen molar-refractivity contribution >= 4 is 28.3 Å². The third-order valence-electron chi connectivity index (χ3n) is 5.21. The van der Waals surface area contributed by atoms with Gasteiger partial charge in [-0.15, -0.1) is 5.10 Å². The highest BCUT2D eigenvalue weighted by atomic mass is 32.1. The van der Waals surface area contributed by atoms with Gasteiger partial charge in [0.1, 0.15) is 5.82 Å². The van der Waals surface area contributed by atoms with Crippen LogP contribution >= 0.6 is 11.5 Å². The van der Waals surface area contributed by atoms with Crippen LogP contribution in [-0.4, -0.2) is 43.1 Å². The lowest BCUT2D eigenvalue weighted by atomic mass is 10.1. The Morgan fingerprint density at radius 1 is 1.10 bits per heavy atom. The van der Waals surface area contributed by atoms with Gasteiger partial charge in [-0.05, 0) is 49.6 Å². The number of nitrogens with one attached hydrogen (secondary N) is 1. The molecule has 3 aromatic heterocycles. The van der Waals surface area contributed by atoms with E-state index in [0.717, 1.165) is 43.0 Å². The topological polar surface area (TPSA) is 71.2 Å². The first kappa shape index (κ1) is 18.9. The summed E-state index contributed by atoms with van der Waals surface area (Å²) in [5.41, 5.74) is 1.84. The number of halogens is 2. The summed E-state index contributed by atoms with van der Waals surface area (Å²) >= 11 is 1.43. The van der Waals surface area contributed by atoms with Crippen molar-refractivity contribution in [3.05, 3.63) is 54.0 Å². The molecule has 1 aromatic carbocycles. The molecule has 10 heteroatoms. The number of benzene rings is 1. The lowest BCUT2D eigenvalue weighted by Crippen LogP contribution is -2.39. The van der Waals surface area contributed by atoms with Crippen molar-refractivity contribution in [2.75, 3.05) is 23.3 Å². The molecule has 30 heavy (non-hydrogen) atoms. The van der Waals surface area contributed by atoms with Crippen molar-refractivity contribution in [3.63, 3.8) is 0 Å². The quantitative estimate of drug-likeness (QED) is 0.532. The first-order valence-corrected chi connectivity index (χ1v) is 10.5. The Hall–Kier alpha value is -3.14. The molecule has 0 saturated carbocycles. The van der Waals surface area contributed by atoms with Gasteiger partial charge in [-0.25, -0.2) is 18.3 Å². The maximum absolute atomic E-state index is 13.7. The average molecular weight is 427 g/mol. The zero-order valence-electron chi connectivity index (χ0n) is 16.2. The van der Waals surface area contributed by atoms with E-state index < -0.39 is 11.6 Å². The fourth-order valence-electron chi connectivity index (χ4n) is 3.67. The van der Waals surface area contributed by atoms with Crippen molar-refractivity contribution in [1.82, 2.24) is 24.0 Å². The van der Waals surface area contributed by atoms with E-state index in [2.05, 4.69) is 29.7 Å².